The summed E-state index contributed by atoms with van der Waals surface area (Å²) in [6.45, 7) is 4.74. The molecule has 0 aliphatic carbocycles. The number of esters is 2. The fourth-order valence-corrected chi connectivity index (χ4v) is 6.95. The third-order valence-electron chi connectivity index (χ3n) is 6.26. The molecule has 3 aromatic rings. The lowest BCUT2D eigenvalue weighted by Crippen LogP contribution is -2.39. The summed E-state index contributed by atoms with van der Waals surface area (Å²) in [5, 5.41) is 0. The lowest BCUT2D eigenvalue weighted by molar-refractivity contribution is -0.141. The first-order valence-electron chi connectivity index (χ1n) is 12.2. The summed E-state index contributed by atoms with van der Waals surface area (Å²) >= 11 is 1.13. The summed E-state index contributed by atoms with van der Waals surface area (Å²) in [5.41, 5.74) is 1.13. The van der Waals surface area contributed by atoms with E-state index in [0.717, 1.165) is 24.2 Å². The van der Waals surface area contributed by atoms with E-state index in [2.05, 4.69) is 4.99 Å². The molecule has 1 atom stereocenters. The Morgan fingerprint density at radius 2 is 1.82 bits per heavy atom. The van der Waals surface area contributed by atoms with Crippen molar-refractivity contribution < 1.29 is 32.3 Å². The second-order valence-electron chi connectivity index (χ2n) is 9.00. The van der Waals surface area contributed by atoms with Gasteiger partial charge in [0.2, 0.25) is 10.0 Å². The predicted octanol–water partition coefficient (Wildman–Crippen LogP) is 3.21. The van der Waals surface area contributed by atoms with Crippen molar-refractivity contribution in [3.8, 4) is 0 Å². The number of aromatic nitrogens is 1. The second kappa shape index (κ2) is 11.6. The topological polar surface area (TPSA) is 124 Å². The van der Waals surface area contributed by atoms with Gasteiger partial charge >= 0.3 is 11.9 Å². The quantitative estimate of drug-likeness (QED) is 0.407. The Bertz CT molecular complexity index is 1540. The second-order valence-corrected chi connectivity index (χ2v) is 11.9. The normalized spacial score (nSPS) is 16.9. The van der Waals surface area contributed by atoms with Gasteiger partial charge in [0.15, 0.2) is 4.80 Å². The van der Waals surface area contributed by atoms with Crippen molar-refractivity contribution in [2.45, 2.75) is 38.1 Å². The number of thiazole rings is 1. The van der Waals surface area contributed by atoms with Crippen LogP contribution in [0.5, 0.6) is 0 Å². The van der Waals surface area contributed by atoms with Crippen LogP contribution in [0.3, 0.4) is 0 Å². The van der Waals surface area contributed by atoms with E-state index < -0.39 is 27.9 Å². The number of hydrogen-bond donors (Lipinski definition) is 0. The van der Waals surface area contributed by atoms with Gasteiger partial charge in [0.25, 0.3) is 5.91 Å². The molecule has 0 bridgehead atoms. The highest BCUT2D eigenvalue weighted by atomic mass is 32.2. The van der Waals surface area contributed by atoms with Crippen molar-refractivity contribution in [2.75, 3.05) is 26.8 Å². The van der Waals surface area contributed by atoms with Crippen LogP contribution in [-0.4, -0.2) is 61.9 Å². The monoisotopic (exact) mass is 559 g/mol. The molecule has 1 unspecified atom stereocenters. The van der Waals surface area contributed by atoms with Gasteiger partial charge in [-0.1, -0.05) is 18.3 Å². The van der Waals surface area contributed by atoms with Crippen LogP contribution in [0, 0.1) is 5.92 Å². The zero-order valence-electron chi connectivity index (χ0n) is 21.4. The molecule has 4 rings (SSSR count). The van der Waals surface area contributed by atoms with E-state index in [1.54, 1.807) is 25.1 Å². The van der Waals surface area contributed by atoms with Crippen molar-refractivity contribution >= 4 is 49.4 Å². The van der Waals surface area contributed by atoms with Gasteiger partial charge in [-0.3, -0.25) is 9.59 Å². The van der Waals surface area contributed by atoms with Gasteiger partial charge in [0, 0.05) is 18.7 Å². The summed E-state index contributed by atoms with van der Waals surface area (Å²) in [6.07, 6.45) is 1.82. The van der Waals surface area contributed by atoms with Crippen molar-refractivity contribution in [3.05, 3.63) is 58.4 Å². The molecule has 0 radical (unpaired) electrons. The van der Waals surface area contributed by atoms with E-state index in [9.17, 15) is 22.8 Å². The Balaban J connectivity index is 1.67. The number of carbonyl (C=O) groups excluding carboxylic acids is 3. The molecule has 0 saturated carbocycles. The van der Waals surface area contributed by atoms with Gasteiger partial charge in [0.05, 0.1) is 34.4 Å². The van der Waals surface area contributed by atoms with Gasteiger partial charge in [-0.25, -0.2) is 13.2 Å². The number of piperidine rings is 1. The van der Waals surface area contributed by atoms with Gasteiger partial charge in [0.1, 0.15) is 6.54 Å². The maximum Gasteiger partial charge on any atom is 0.338 e. The molecule has 1 aliphatic rings. The number of sulfonamides is 1. The molecule has 38 heavy (non-hydrogen) atoms. The molecular weight excluding hydrogens is 530 g/mol. The van der Waals surface area contributed by atoms with Gasteiger partial charge in [-0.15, -0.1) is 0 Å². The minimum absolute atomic E-state index is 0.122. The zero-order valence-corrected chi connectivity index (χ0v) is 23.0. The average molecular weight is 560 g/mol. The molecule has 1 saturated heterocycles. The van der Waals surface area contributed by atoms with Crippen molar-refractivity contribution in [1.82, 2.24) is 8.87 Å². The summed E-state index contributed by atoms with van der Waals surface area (Å²) in [6, 6.07) is 10.6. The first-order valence-corrected chi connectivity index (χ1v) is 14.5. The summed E-state index contributed by atoms with van der Waals surface area (Å²) in [4.78, 5) is 41.8. The maximum atomic E-state index is 13.0. The van der Waals surface area contributed by atoms with E-state index >= 15 is 0 Å². The lowest BCUT2D eigenvalue weighted by atomic mass is 10.0. The van der Waals surface area contributed by atoms with E-state index in [1.807, 2.05) is 6.92 Å². The predicted molar refractivity (Wildman–Crippen MR) is 141 cm³/mol. The average Bonchev–Trinajstić information content (AvgIpc) is 3.24. The minimum Gasteiger partial charge on any atom is -0.468 e. The highest BCUT2D eigenvalue weighted by Gasteiger charge is 2.28. The lowest BCUT2D eigenvalue weighted by Gasteiger charge is -2.30. The van der Waals surface area contributed by atoms with Crippen LogP contribution in [0.1, 0.15) is 47.4 Å². The Labute approximate surface area is 224 Å². The van der Waals surface area contributed by atoms with Crippen molar-refractivity contribution in [2.24, 2.45) is 10.9 Å². The Hall–Kier alpha value is -3.35. The highest BCUT2D eigenvalue weighted by Crippen LogP contribution is 2.24. The summed E-state index contributed by atoms with van der Waals surface area (Å²) < 4.78 is 39.6. The zero-order chi connectivity index (χ0) is 27.4. The number of carbonyl (C=O) groups is 3. The minimum atomic E-state index is -3.65. The van der Waals surface area contributed by atoms with Crippen LogP contribution < -0.4 is 4.80 Å². The van der Waals surface area contributed by atoms with Crippen LogP contribution in [0.2, 0.25) is 0 Å². The third kappa shape index (κ3) is 5.87. The SMILES string of the molecule is CCOC(=O)c1ccc2c(c1)sc(=NC(=O)c1ccc(S(=O)(=O)N3CCCC(C)C3)cc1)n2CC(=O)OC. The van der Waals surface area contributed by atoms with E-state index in [4.69, 9.17) is 9.47 Å². The Morgan fingerprint density at radius 1 is 1.11 bits per heavy atom. The van der Waals surface area contributed by atoms with Gasteiger partial charge < -0.3 is 14.0 Å². The first-order chi connectivity index (χ1) is 18.1. The number of fused-ring (bicyclic) bond motifs is 1. The largest absolute Gasteiger partial charge is 0.468 e. The van der Waals surface area contributed by atoms with Crippen LogP contribution in [0.4, 0.5) is 0 Å². The van der Waals surface area contributed by atoms with Crippen molar-refractivity contribution in [1.29, 1.82) is 0 Å². The molecule has 1 fully saturated rings. The summed E-state index contributed by atoms with van der Waals surface area (Å²) in [5.74, 6) is -1.32. The molecule has 12 heteroatoms. The molecule has 2 heterocycles. The van der Waals surface area contributed by atoms with Crippen LogP contribution >= 0.6 is 11.3 Å². The number of rotatable bonds is 7. The number of nitrogens with zero attached hydrogens (tertiary/aromatic N) is 3. The van der Waals surface area contributed by atoms with Crippen LogP contribution in [0.25, 0.3) is 10.2 Å². The smallest absolute Gasteiger partial charge is 0.338 e. The molecule has 1 aliphatic heterocycles. The maximum absolute atomic E-state index is 13.0. The Kier molecular flexibility index (Phi) is 8.44. The van der Waals surface area contributed by atoms with Crippen molar-refractivity contribution in [3.63, 3.8) is 0 Å². The molecule has 1 aromatic heterocycles. The molecule has 2 aromatic carbocycles. The number of methoxy groups -OCH3 is 1. The highest BCUT2D eigenvalue weighted by molar-refractivity contribution is 7.89. The number of benzene rings is 2. The third-order valence-corrected chi connectivity index (χ3v) is 9.19. The van der Waals surface area contributed by atoms with E-state index in [-0.39, 0.29) is 28.4 Å². The van der Waals surface area contributed by atoms with E-state index in [1.165, 1.54) is 40.2 Å². The molecule has 0 spiro atoms. The fourth-order valence-electron chi connectivity index (χ4n) is 4.28. The standard InChI is InChI=1S/C26H29N3O7S2/c1-4-36-25(32)19-9-12-21-22(14-19)37-26(29(21)16-23(30)35-3)27-24(31)18-7-10-20(11-8-18)38(33,34)28-13-5-6-17(2)15-28/h7-12,14,17H,4-6,13,15-16H2,1-3H3. The molecule has 1 amide bonds. The Morgan fingerprint density at radius 3 is 2.47 bits per heavy atom. The number of ether oxygens (including phenoxy) is 2. The molecule has 0 N–H and O–H groups in total. The number of amides is 1. The molecule has 10 nitrogen and oxygen atoms in total. The number of hydrogen-bond acceptors (Lipinski definition) is 8. The van der Waals surface area contributed by atoms with Crippen LogP contribution in [-0.2, 0) is 30.8 Å². The molecule has 202 valence electrons. The fraction of sp³-hybridized carbons (Fsp3) is 0.385. The molecular formula is C26H29N3O7S2. The van der Waals surface area contributed by atoms with E-state index in [0.29, 0.717) is 34.8 Å². The van der Waals surface area contributed by atoms with Gasteiger partial charge in [-0.05, 0) is 68.1 Å². The first kappa shape index (κ1) is 27.7. The van der Waals surface area contributed by atoms with Crippen LogP contribution in [0.15, 0.2) is 52.4 Å². The summed E-state index contributed by atoms with van der Waals surface area (Å²) in [7, 11) is -2.39. The van der Waals surface area contributed by atoms with Gasteiger partial charge in [-0.2, -0.15) is 9.30 Å².